The number of fused-ring (bicyclic) bond motifs is 2. The lowest BCUT2D eigenvalue weighted by molar-refractivity contribution is -0.129. The van der Waals surface area contributed by atoms with Crippen LogP contribution in [0, 0.1) is 11.7 Å². The Bertz CT molecular complexity index is 1080. The van der Waals surface area contributed by atoms with Crippen LogP contribution in [-0.2, 0) is 15.1 Å². The van der Waals surface area contributed by atoms with Crippen LogP contribution < -0.4 is 11.1 Å². The highest BCUT2D eigenvalue weighted by atomic mass is 35.5. The Morgan fingerprint density at radius 3 is 2.73 bits per heavy atom. The summed E-state index contributed by atoms with van der Waals surface area (Å²) >= 11 is 12.4. The fraction of sp³-hybridized carbons (Fsp3) is 0.458. The summed E-state index contributed by atoms with van der Waals surface area (Å²) in [5.41, 5.74) is 6.95. The molecule has 0 unspecified atom stereocenters. The number of nitrogens with zero attached hydrogens (tertiary/aromatic N) is 1. The van der Waals surface area contributed by atoms with Gasteiger partial charge in [-0.15, -0.1) is 0 Å². The molecule has 2 saturated heterocycles. The van der Waals surface area contributed by atoms with Gasteiger partial charge >= 0.3 is 0 Å². The van der Waals surface area contributed by atoms with E-state index in [4.69, 9.17) is 33.7 Å². The number of nitrogens with one attached hydrogen (secondary N) is 1. The Kier molecular flexibility index (Phi) is 6.14. The van der Waals surface area contributed by atoms with Gasteiger partial charge in [-0.25, -0.2) is 4.39 Å². The van der Waals surface area contributed by atoms with Crippen molar-refractivity contribution in [2.45, 2.75) is 36.4 Å². The number of aliphatic hydroxyl groups excluding tert-OH is 1. The number of benzene rings is 2. The molecule has 0 radical (unpaired) electrons. The van der Waals surface area contributed by atoms with Gasteiger partial charge in [0.05, 0.1) is 11.6 Å². The van der Waals surface area contributed by atoms with Crippen LogP contribution >= 0.6 is 23.2 Å². The van der Waals surface area contributed by atoms with Crippen LogP contribution in [0.25, 0.3) is 0 Å². The first-order valence-corrected chi connectivity index (χ1v) is 11.9. The van der Waals surface area contributed by atoms with Crippen molar-refractivity contribution in [3.63, 3.8) is 0 Å². The molecule has 0 aromatic heterocycles. The summed E-state index contributed by atoms with van der Waals surface area (Å²) in [6, 6.07) is 8.71. The van der Waals surface area contributed by atoms with Crippen molar-refractivity contribution in [2.24, 2.45) is 11.7 Å². The third-order valence-corrected chi connectivity index (χ3v) is 7.95. The Balaban J connectivity index is 1.73. The van der Waals surface area contributed by atoms with Gasteiger partial charge < -0.3 is 20.9 Å². The van der Waals surface area contributed by atoms with Crippen molar-refractivity contribution in [3.05, 3.63) is 63.4 Å². The van der Waals surface area contributed by atoms with Crippen molar-refractivity contribution < 1.29 is 19.0 Å². The van der Waals surface area contributed by atoms with E-state index in [-0.39, 0.29) is 29.0 Å². The van der Waals surface area contributed by atoms with Gasteiger partial charge in [-0.1, -0.05) is 41.4 Å². The average molecular weight is 494 g/mol. The minimum atomic E-state index is -1.31. The minimum Gasteiger partial charge on any atom is -0.395 e. The van der Waals surface area contributed by atoms with Gasteiger partial charge in [-0.05, 0) is 42.5 Å². The van der Waals surface area contributed by atoms with Gasteiger partial charge in [0.2, 0.25) is 5.91 Å². The first-order valence-electron chi connectivity index (χ1n) is 11.2. The number of hydrogen-bond acceptors (Lipinski definition) is 5. The van der Waals surface area contributed by atoms with Crippen molar-refractivity contribution in [3.8, 4) is 0 Å². The molecule has 6 nitrogen and oxygen atoms in total. The van der Waals surface area contributed by atoms with Crippen molar-refractivity contribution in [1.29, 1.82) is 0 Å². The Morgan fingerprint density at radius 2 is 2.00 bits per heavy atom. The number of rotatable bonds is 4. The van der Waals surface area contributed by atoms with Crippen molar-refractivity contribution in [2.75, 3.05) is 31.7 Å². The summed E-state index contributed by atoms with van der Waals surface area (Å²) in [7, 11) is 0. The zero-order valence-electron chi connectivity index (χ0n) is 17.9. The maximum Gasteiger partial charge on any atom is 0.250 e. The fourth-order valence-corrected chi connectivity index (χ4v) is 6.29. The largest absolute Gasteiger partial charge is 0.395 e. The van der Waals surface area contributed by atoms with Gasteiger partial charge in [-0.3, -0.25) is 9.69 Å². The zero-order valence-corrected chi connectivity index (χ0v) is 19.5. The monoisotopic (exact) mass is 493 g/mol. The zero-order chi connectivity index (χ0) is 23.3. The van der Waals surface area contributed by atoms with Crippen LogP contribution in [0.4, 0.5) is 10.1 Å². The predicted molar refractivity (Wildman–Crippen MR) is 125 cm³/mol. The van der Waals surface area contributed by atoms with Crippen LogP contribution in [-0.4, -0.2) is 54.4 Å². The molecule has 176 valence electrons. The van der Waals surface area contributed by atoms with E-state index in [9.17, 15) is 9.90 Å². The van der Waals surface area contributed by atoms with E-state index in [0.717, 1.165) is 12.8 Å². The third kappa shape index (κ3) is 3.49. The molecule has 4 atom stereocenters. The van der Waals surface area contributed by atoms with E-state index >= 15 is 4.39 Å². The standard InChI is InChI=1S/C24H26Cl2FN3O3/c25-14-4-5-16-18(10-14)29-23(32)24(16)20(15-2-1-3-17(26)21(15)27)22(28)19(12-31)30(24)11-13-6-8-33-9-7-13/h1-5,10,13,19-20,22,31H,6-9,11-12,28H2,(H,29,32)/t19-,20-,22+,24+/m0/s1. The second-order valence-electron chi connectivity index (χ2n) is 9.07. The fourth-order valence-electron chi connectivity index (χ4n) is 5.93. The van der Waals surface area contributed by atoms with Gasteiger partial charge in [0.1, 0.15) is 11.4 Å². The molecule has 2 aromatic carbocycles. The molecule has 0 bridgehead atoms. The van der Waals surface area contributed by atoms with E-state index in [2.05, 4.69) is 5.32 Å². The maximum atomic E-state index is 15.4. The van der Waals surface area contributed by atoms with Crippen molar-refractivity contribution >= 4 is 34.8 Å². The predicted octanol–water partition coefficient (Wildman–Crippen LogP) is 3.49. The quantitative estimate of drug-likeness (QED) is 0.606. The third-order valence-electron chi connectivity index (χ3n) is 7.42. The number of halogens is 3. The molecule has 5 rings (SSSR count). The lowest BCUT2D eigenvalue weighted by Gasteiger charge is -2.41. The smallest absolute Gasteiger partial charge is 0.250 e. The molecule has 0 aliphatic carbocycles. The molecule has 2 fully saturated rings. The van der Waals surface area contributed by atoms with Crippen LogP contribution in [0.15, 0.2) is 36.4 Å². The molecule has 3 aliphatic heterocycles. The minimum absolute atomic E-state index is 0.0342. The number of aliphatic hydroxyl groups is 1. The maximum absolute atomic E-state index is 15.4. The summed E-state index contributed by atoms with van der Waals surface area (Å²) in [5, 5.41) is 13.8. The molecule has 3 heterocycles. The molecule has 1 spiro atoms. The molecule has 33 heavy (non-hydrogen) atoms. The molecular weight excluding hydrogens is 468 g/mol. The second-order valence-corrected chi connectivity index (χ2v) is 9.91. The lowest BCUT2D eigenvalue weighted by atomic mass is 9.73. The number of carbonyl (C=O) groups excluding carboxylic acids is 1. The molecule has 1 amide bonds. The molecular formula is C24H26Cl2FN3O3. The summed E-state index contributed by atoms with van der Waals surface area (Å²) in [6.45, 7) is 1.55. The lowest BCUT2D eigenvalue weighted by Crippen LogP contribution is -2.54. The number of nitrogens with two attached hydrogens (primary N) is 1. The number of ether oxygens (including phenoxy) is 1. The van der Waals surface area contributed by atoms with Gasteiger partial charge in [0, 0.05) is 54.0 Å². The Morgan fingerprint density at radius 1 is 1.24 bits per heavy atom. The van der Waals surface area contributed by atoms with Crippen LogP contribution in [0.5, 0.6) is 0 Å². The number of carbonyl (C=O) groups is 1. The van der Waals surface area contributed by atoms with E-state index in [1.807, 2.05) is 4.90 Å². The topological polar surface area (TPSA) is 87.8 Å². The molecule has 9 heteroatoms. The number of hydrogen-bond donors (Lipinski definition) is 3. The van der Waals surface area contributed by atoms with Gasteiger partial charge in [0.15, 0.2) is 0 Å². The Hall–Kier alpha value is -1.74. The first-order chi connectivity index (χ1) is 15.9. The second kappa shape index (κ2) is 8.80. The highest BCUT2D eigenvalue weighted by Crippen LogP contribution is 2.57. The summed E-state index contributed by atoms with van der Waals surface area (Å²) in [4.78, 5) is 15.9. The van der Waals surface area contributed by atoms with E-state index in [1.54, 1.807) is 30.3 Å². The van der Waals surface area contributed by atoms with E-state index in [0.29, 0.717) is 36.0 Å². The van der Waals surface area contributed by atoms with Crippen molar-refractivity contribution in [1.82, 2.24) is 4.90 Å². The highest BCUT2D eigenvalue weighted by molar-refractivity contribution is 6.31. The number of anilines is 1. The molecule has 0 saturated carbocycles. The normalized spacial score (nSPS) is 30.1. The summed E-state index contributed by atoms with van der Waals surface area (Å²) < 4.78 is 20.9. The van der Waals surface area contributed by atoms with Crippen LogP contribution in [0.2, 0.25) is 10.0 Å². The Labute approximate surface area is 201 Å². The molecule has 3 aliphatic rings. The van der Waals surface area contributed by atoms with Crippen LogP contribution in [0.1, 0.15) is 29.9 Å². The van der Waals surface area contributed by atoms with E-state index in [1.165, 1.54) is 6.07 Å². The SMILES string of the molecule is N[C@@H]1[C@H](CO)N(CC2CCOCC2)[C@@]2(C(=O)Nc3cc(Cl)ccc32)[C@H]1c1cccc(Cl)c1F. The van der Waals surface area contributed by atoms with Gasteiger partial charge in [0.25, 0.3) is 0 Å². The summed E-state index contributed by atoms with van der Waals surface area (Å²) in [6.07, 6.45) is 1.68. The molecule has 4 N–H and O–H groups in total. The van der Waals surface area contributed by atoms with Gasteiger partial charge in [-0.2, -0.15) is 0 Å². The van der Waals surface area contributed by atoms with Crippen LogP contribution in [0.3, 0.4) is 0 Å². The first kappa shape index (κ1) is 23.0. The highest BCUT2D eigenvalue weighted by Gasteiger charge is 2.66. The number of likely N-dealkylation sites (tertiary alicyclic amines) is 1. The van der Waals surface area contributed by atoms with E-state index < -0.39 is 29.4 Å². The number of amides is 1. The summed E-state index contributed by atoms with van der Waals surface area (Å²) in [5.74, 6) is -1.42. The average Bonchev–Trinajstić information content (AvgIpc) is 3.21. The molecule has 2 aromatic rings.